The number of hydrogen-bond donors (Lipinski definition) is 2. The van der Waals surface area contributed by atoms with Gasteiger partial charge < -0.3 is 19.5 Å². The van der Waals surface area contributed by atoms with Gasteiger partial charge in [-0.15, -0.1) is 0 Å². The molecule has 0 unspecified atom stereocenters. The van der Waals surface area contributed by atoms with Crippen LogP contribution in [0.4, 0.5) is 4.79 Å². The predicted molar refractivity (Wildman–Crippen MR) is 94.4 cm³/mol. The van der Waals surface area contributed by atoms with Gasteiger partial charge in [0, 0.05) is 12.1 Å². The van der Waals surface area contributed by atoms with Crippen LogP contribution in [0.1, 0.15) is 28.9 Å². The Balaban J connectivity index is 1.79. The largest absolute Gasteiger partial charge is 0.454 e. The Morgan fingerprint density at radius 2 is 1.81 bits per heavy atom. The van der Waals surface area contributed by atoms with E-state index in [1.54, 1.807) is 43.3 Å². The smallest absolute Gasteiger partial charge is 0.339 e. The molecule has 0 fully saturated rings. The van der Waals surface area contributed by atoms with Crippen molar-refractivity contribution in [2.24, 2.45) is 0 Å². The average Bonchev–Trinajstić information content (AvgIpc) is 3.14. The van der Waals surface area contributed by atoms with Crippen molar-refractivity contribution in [1.82, 2.24) is 10.6 Å². The van der Waals surface area contributed by atoms with Gasteiger partial charge in [-0.2, -0.15) is 0 Å². The SMILES string of the molecule is CCNC(=O)NC(=O)[C@@H](OC(=O)c1ccc2c(c1)OCO2)c1ccccc1. The summed E-state index contributed by atoms with van der Waals surface area (Å²) in [5.74, 6) is -0.526. The molecule has 3 rings (SSSR count). The van der Waals surface area contributed by atoms with E-state index in [2.05, 4.69) is 10.6 Å². The lowest BCUT2D eigenvalue weighted by molar-refractivity contribution is -0.129. The first-order valence-electron chi connectivity index (χ1n) is 8.32. The number of carbonyl (C=O) groups is 3. The minimum atomic E-state index is -1.29. The van der Waals surface area contributed by atoms with Crippen LogP contribution in [0.15, 0.2) is 48.5 Å². The standard InChI is InChI=1S/C19H18N2O6/c1-2-20-19(24)21-17(22)16(12-6-4-3-5-7-12)27-18(23)13-8-9-14-15(10-13)26-11-25-14/h3-10,16H,2,11H2,1H3,(H2,20,21,22,24)/t16-/m0/s1. The van der Waals surface area contributed by atoms with Gasteiger partial charge in [-0.3, -0.25) is 10.1 Å². The van der Waals surface area contributed by atoms with Crippen molar-refractivity contribution in [2.75, 3.05) is 13.3 Å². The van der Waals surface area contributed by atoms with Crippen LogP contribution in [0.5, 0.6) is 11.5 Å². The Hall–Kier alpha value is -3.55. The number of amides is 3. The van der Waals surface area contributed by atoms with Crippen molar-refractivity contribution >= 4 is 17.9 Å². The highest BCUT2D eigenvalue weighted by atomic mass is 16.7. The molecule has 27 heavy (non-hydrogen) atoms. The molecule has 3 amide bonds. The van der Waals surface area contributed by atoms with E-state index in [1.165, 1.54) is 12.1 Å². The summed E-state index contributed by atoms with van der Waals surface area (Å²) in [7, 11) is 0. The summed E-state index contributed by atoms with van der Waals surface area (Å²) in [5, 5.41) is 4.62. The minimum Gasteiger partial charge on any atom is -0.454 e. The Kier molecular flexibility index (Phi) is 5.55. The monoisotopic (exact) mass is 370 g/mol. The number of fused-ring (bicyclic) bond motifs is 1. The number of rotatable bonds is 5. The second kappa shape index (κ2) is 8.22. The maximum Gasteiger partial charge on any atom is 0.339 e. The number of urea groups is 1. The molecule has 0 aromatic heterocycles. The van der Waals surface area contributed by atoms with Gasteiger partial charge >= 0.3 is 12.0 Å². The molecule has 2 N–H and O–H groups in total. The van der Waals surface area contributed by atoms with Crippen LogP contribution in [0.25, 0.3) is 0 Å². The number of hydrogen-bond acceptors (Lipinski definition) is 6. The summed E-state index contributed by atoms with van der Waals surface area (Å²) in [6.07, 6.45) is -1.29. The highest BCUT2D eigenvalue weighted by Gasteiger charge is 2.27. The summed E-state index contributed by atoms with van der Waals surface area (Å²) >= 11 is 0. The van der Waals surface area contributed by atoms with Gasteiger partial charge in [0.15, 0.2) is 11.5 Å². The number of ether oxygens (including phenoxy) is 3. The van der Waals surface area contributed by atoms with E-state index in [0.717, 1.165) is 0 Å². The first-order chi connectivity index (χ1) is 13.1. The Morgan fingerprint density at radius 1 is 1.07 bits per heavy atom. The van der Waals surface area contributed by atoms with Gasteiger partial charge in [-0.1, -0.05) is 30.3 Å². The van der Waals surface area contributed by atoms with E-state index < -0.39 is 24.0 Å². The molecule has 1 aliphatic heterocycles. The zero-order valence-electron chi connectivity index (χ0n) is 14.6. The van der Waals surface area contributed by atoms with Crippen molar-refractivity contribution in [1.29, 1.82) is 0 Å². The van der Waals surface area contributed by atoms with E-state index in [-0.39, 0.29) is 12.4 Å². The second-order valence-electron chi connectivity index (χ2n) is 5.61. The lowest BCUT2D eigenvalue weighted by Crippen LogP contribution is -2.42. The van der Waals surface area contributed by atoms with E-state index in [1.807, 2.05) is 0 Å². The van der Waals surface area contributed by atoms with E-state index in [0.29, 0.717) is 23.6 Å². The van der Waals surface area contributed by atoms with E-state index >= 15 is 0 Å². The Morgan fingerprint density at radius 3 is 2.56 bits per heavy atom. The molecular weight excluding hydrogens is 352 g/mol. The first-order valence-corrected chi connectivity index (χ1v) is 8.32. The molecule has 8 heteroatoms. The van der Waals surface area contributed by atoms with Crippen molar-refractivity contribution in [3.8, 4) is 11.5 Å². The molecule has 0 saturated carbocycles. The highest BCUT2D eigenvalue weighted by molar-refractivity contribution is 5.99. The summed E-state index contributed by atoms with van der Waals surface area (Å²) < 4.78 is 15.8. The fourth-order valence-corrected chi connectivity index (χ4v) is 2.48. The number of imide groups is 1. The van der Waals surface area contributed by atoms with Gasteiger partial charge in [0.1, 0.15) is 0 Å². The maximum absolute atomic E-state index is 12.5. The summed E-state index contributed by atoms with van der Waals surface area (Å²) in [5.41, 5.74) is 0.638. The molecule has 0 bridgehead atoms. The van der Waals surface area contributed by atoms with E-state index in [9.17, 15) is 14.4 Å². The van der Waals surface area contributed by atoms with Crippen LogP contribution >= 0.6 is 0 Å². The summed E-state index contributed by atoms with van der Waals surface area (Å²) in [6.45, 7) is 2.15. The maximum atomic E-state index is 12.5. The predicted octanol–water partition coefficient (Wildman–Crippen LogP) is 2.16. The molecule has 0 saturated heterocycles. The summed E-state index contributed by atoms with van der Waals surface area (Å²) in [6, 6.07) is 12.4. The van der Waals surface area contributed by atoms with Crippen LogP contribution in [-0.2, 0) is 9.53 Å². The molecule has 8 nitrogen and oxygen atoms in total. The quantitative estimate of drug-likeness (QED) is 0.782. The molecule has 140 valence electrons. The highest BCUT2D eigenvalue weighted by Crippen LogP contribution is 2.33. The van der Waals surface area contributed by atoms with Crippen LogP contribution in [0.3, 0.4) is 0 Å². The van der Waals surface area contributed by atoms with Crippen LogP contribution in [0, 0.1) is 0 Å². The molecule has 2 aromatic rings. The van der Waals surface area contributed by atoms with Crippen molar-refractivity contribution in [2.45, 2.75) is 13.0 Å². The number of esters is 1. The molecule has 1 heterocycles. The lowest BCUT2D eigenvalue weighted by atomic mass is 10.1. The third-order valence-corrected chi connectivity index (χ3v) is 3.75. The fourth-order valence-electron chi connectivity index (χ4n) is 2.48. The van der Waals surface area contributed by atoms with Crippen molar-refractivity contribution < 1.29 is 28.6 Å². The van der Waals surface area contributed by atoms with Gasteiger partial charge in [0.05, 0.1) is 5.56 Å². The zero-order valence-corrected chi connectivity index (χ0v) is 14.6. The Bertz CT molecular complexity index is 853. The van der Waals surface area contributed by atoms with Gasteiger partial charge in [0.2, 0.25) is 12.9 Å². The number of carbonyl (C=O) groups excluding carboxylic acids is 3. The third kappa shape index (κ3) is 4.35. The number of benzene rings is 2. The van der Waals surface area contributed by atoms with Gasteiger partial charge in [0.25, 0.3) is 5.91 Å². The van der Waals surface area contributed by atoms with Crippen molar-refractivity contribution in [3.63, 3.8) is 0 Å². The molecule has 1 aliphatic rings. The van der Waals surface area contributed by atoms with Crippen molar-refractivity contribution in [3.05, 3.63) is 59.7 Å². The average molecular weight is 370 g/mol. The molecule has 0 aliphatic carbocycles. The van der Waals surface area contributed by atoms with Crippen LogP contribution in [-0.4, -0.2) is 31.2 Å². The normalized spacial score (nSPS) is 12.8. The fraction of sp³-hybridized carbons (Fsp3) is 0.211. The Labute approximate surface area is 155 Å². The summed E-state index contributed by atoms with van der Waals surface area (Å²) in [4.78, 5) is 36.7. The van der Waals surface area contributed by atoms with Crippen LogP contribution in [0.2, 0.25) is 0 Å². The first kappa shape index (κ1) is 18.2. The zero-order chi connectivity index (χ0) is 19.2. The van der Waals surface area contributed by atoms with Crippen LogP contribution < -0.4 is 20.1 Å². The molecule has 2 aromatic carbocycles. The van der Waals surface area contributed by atoms with E-state index in [4.69, 9.17) is 14.2 Å². The molecular formula is C19H18N2O6. The molecule has 1 atom stereocenters. The number of nitrogens with one attached hydrogen (secondary N) is 2. The van der Waals surface area contributed by atoms with Gasteiger partial charge in [-0.05, 0) is 25.1 Å². The molecule has 0 radical (unpaired) electrons. The topological polar surface area (TPSA) is 103 Å². The van der Waals surface area contributed by atoms with Gasteiger partial charge in [-0.25, -0.2) is 9.59 Å². The third-order valence-electron chi connectivity index (χ3n) is 3.75. The lowest BCUT2D eigenvalue weighted by Gasteiger charge is -2.17. The molecule has 0 spiro atoms. The second-order valence-corrected chi connectivity index (χ2v) is 5.61. The minimum absolute atomic E-state index is 0.0788.